The maximum Gasteiger partial charge on any atom is 0.251 e. The van der Waals surface area contributed by atoms with E-state index in [9.17, 15) is 4.79 Å². The molecule has 80 valence electrons. The van der Waals surface area contributed by atoms with Crippen LogP contribution >= 0.6 is 0 Å². The van der Waals surface area contributed by atoms with Crippen molar-refractivity contribution in [2.75, 3.05) is 5.73 Å². The van der Waals surface area contributed by atoms with Crippen LogP contribution in [0.2, 0.25) is 0 Å². The van der Waals surface area contributed by atoms with Crippen molar-refractivity contribution in [1.82, 2.24) is 10.3 Å². The zero-order valence-electron chi connectivity index (χ0n) is 8.95. The Hall–Kier alpha value is -1.58. The third-order valence-electron chi connectivity index (χ3n) is 2.66. The van der Waals surface area contributed by atoms with Crippen molar-refractivity contribution < 1.29 is 4.79 Å². The van der Waals surface area contributed by atoms with E-state index in [2.05, 4.69) is 17.2 Å². The molecule has 1 aromatic rings. The first-order valence-corrected chi connectivity index (χ1v) is 5.11. The van der Waals surface area contributed by atoms with E-state index in [1.165, 1.54) is 0 Å². The van der Waals surface area contributed by atoms with Gasteiger partial charge in [0.2, 0.25) is 0 Å². The molecule has 0 spiro atoms. The maximum atomic E-state index is 11.8. The van der Waals surface area contributed by atoms with Crippen LogP contribution in [-0.2, 0) is 0 Å². The smallest absolute Gasteiger partial charge is 0.251 e. The van der Waals surface area contributed by atoms with Gasteiger partial charge in [0.25, 0.3) is 5.91 Å². The molecule has 0 radical (unpaired) electrons. The third kappa shape index (κ3) is 2.26. The lowest BCUT2D eigenvalue weighted by Gasteiger charge is -2.05. The van der Waals surface area contributed by atoms with Gasteiger partial charge in [0.1, 0.15) is 5.82 Å². The van der Waals surface area contributed by atoms with Crippen molar-refractivity contribution in [3.63, 3.8) is 0 Å². The number of nitrogens with zero attached hydrogens (tertiary/aromatic N) is 1. The molecule has 1 saturated carbocycles. The van der Waals surface area contributed by atoms with E-state index in [1.807, 2.05) is 6.92 Å². The van der Waals surface area contributed by atoms with E-state index in [1.54, 1.807) is 12.1 Å². The predicted octanol–water partition coefficient (Wildman–Crippen LogP) is 1.11. The molecule has 0 saturated heterocycles. The predicted molar refractivity (Wildman–Crippen MR) is 58.4 cm³/mol. The highest BCUT2D eigenvalue weighted by Crippen LogP contribution is 2.29. The number of hydrogen-bond donors (Lipinski definition) is 2. The molecule has 1 aliphatic carbocycles. The first-order chi connectivity index (χ1) is 7.06. The minimum Gasteiger partial charge on any atom is -0.384 e. The summed E-state index contributed by atoms with van der Waals surface area (Å²) in [6.07, 6.45) is 1.07. The van der Waals surface area contributed by atoms with Crippen molar-refractivity contribution in [3.8, 4) is 0 Å². The van der Waals surface area contributed by atoms with Crippen LogP contribution in [0, 0.1) is 12.8 Å². The summed E-state index contributed by atoms with van der Waals surface area (Å²) >= 11 is 0. The van der Waals surface area contributed by atoms with Crippen LogP contribution in [0.25, 0.3) is 0 Å². The molecule has 1 aromatic heterocycles. The second kappa shape index (κ2) is 3.53. The number of anilines is 1. The number of pyridine rings is 1. The number of nitrogens with two attached hydrogens (primary N) is 1. The number of rotatable bonds is 2. The number of amides is 1. The van der Waals surface area contributed by atoms with Crippen LogP contribution in [0.5, 0.6) is 0 Å². The van der Waals surface area contributed by atoms with E-state index in [0.717, 1.165) is 12.1 Å². The Morgan fingerprint density at radius 1 is 1.60 bits per heavy atom. The average molecular weight is 205 g/mol. The maximum absolute atomic E-state index is 11.8. The molecule has 0 bridgehead atoms. The van der Waals surface area contributed by atoms with Gasteiger partial charge in [-0.15, -0.1) is 0 Å². The van der Waals surface area contributed by atoms with Crippen molar-refractivity contribution in [2.24, 2.45) is 5.92 Å². The molecule has 3 N–H and O–H groups in total. The number of carbonyl (C=O) groups is 1. The summed E-state index contributed by atoms with van der Waals surface area (Å²) in [6.45, 7) is 3.95. The fourth-order valence-corrected chi connectivity index (χ4v) is 1.60. The summed E-state index contributed by atoms with van der Waals surface area (Å²) in [4.78, 5) is 15.8. The number of hydrogen-bond acceptors (Lipinski definition) is 3. The monoisotopic (exact) mass is 205 g/mol. The van der Waals surface area contributed by atoms with Gasteiger partial charge in [-0.05, 0) is 31.4 Å². The van der Waals surface area contributed by atoms with Crippen molar-refractivity contribution in [3.05, 3.63) is 23.4 Å². The quantitative estimate of drug-likeness (QED) is 0.760. The molecule has 4 nitrogen and oxygen atoms in total. The Kier molecular flexibility index (Phi) is 2.34. The highest BCUT2D eigenvalue weighted by atomic mass is 16.1. The SMILES string of the molecule is Cc1cc(C(=O)NC2CC2C)cc(N)n1. The van der Waals surface area contributed by atoms with Crippen LogP contribution in [0.15, 0.2) is 12.1 Å². The lowest BCUT2D eigenvalue weighted by atomic mass is 10.2. The molecular weight excluding hydrogens is 190 g/mol. The molecule has 0 aliphatic heterocycles. The van der Waals surface area contributed by atoms with Gasteiger partial charge in [0, 0.05) is 17.3 Å². The Morgan fingerprint density at radius 2 is 2.27 bits per heavy atom. The topological polar surface area (TPSA) is 68.0 Å². The highest BCUT2D eigenvalue weighted by Gasteiger charge is 2.34. The number of aryl methyl sites for hydroxylation is 1. The second-order valence-electron chi connectivity index (χ2n) is 4.22. The Labute approximate surface area is 88.9 Å². The van der Waals surface area contributed by atoms with Gasteiger partial charge >= 0.3 is 0 Å². The summed E-state index contributed by atoms with van der Waals surface area (Å²) in [6, 6.07) is 3.70. The van der Waals surface area contributed by atoms with Gasteiger partial charge in [0.05, 0.1) is 0 Å². The first kappa shape index (κ1) is 9.96. The van der Waals surface area contributed by atoms with E-state index >= 15 is 0 Å². The van der Waals surface area contributed by atoms with Crippen LogP contribution in [0.3, 0.4) is 0 Å². The molecule has 1 heterocycles. The van der Waals surface area contributed by atoms with E-state index in [4.69, 9.17) is 5.73 Å². The highest BCUT2D eigenvalue weighted by molar-refractivity contribution is 5.95. The molecule has 1 fully saturated rings. The Balaban J connectivity index is 2.11. The number of nitrogen functional groups attached to an aromatic ring is 1. The van der Waals surface area contributed by atoms with Gasteiger partial charge in [-0.3, -0.25) is 4.79 Å². The third-order valence-corrected chi connectivity index (χ3v) is 2.66. The zero-order chi connectivity index (χ0) is 11.0. The Morgan fingerprint density at radius 3 is 2.80 bits per heavy atom. The molecule has 0 aromatic carbocycles. The molecule has 1 aliphatic rings. The van der Waals surface area contributed by atoms with E-state index in [0.29, 0.717) is 23.3 Å². The molecular formula is C11H15N3O. The summed E-state index contributed by atoms with van der Waals surface area (Å²) < 4.78 is 0. The summed E-state index contributed by atoms with van der Waals surface area (Å²) in [5.74, 6) is 0.944. The molecule has 2 unspecified atom stereocenters. The molecule has 1 amide bonds. The van der Waals surface area contributed by atoms with Crippen molar-refractivity contribution in [1.29, 1.82) is 0 Å². The van der Waals surface area contributed by atoms with Crippen molar-refractivity contribution >= 4 is 11.7 Å². The largest absolute Gasteiger partial charge is 0.384 e. The molecule has 2 rings (SSSR count). The number of nitrogens with one attached hydrogen (secondary N) is 1. The minimum absolute atomic E-state index is 0.0541. The first-order valence-electron chi connectivity index (χ1n) is 5.11. The molecule has 4 heteroatoms. The van der Waals surface area contributed by atoms with Gasteiger partial charge in [-0.1, -0.05) is 6.92 Å². The molecule has 15 heavy (non-hydrogen) atoms. The van der Waals surface area contributed by atoms with Gasteiger partial charge in [-0.2, -0.15) is 0 Å². The number of carbonyl (C=O) groups excluding carboxylic acids is 1. The van der Waals surface area contributed by atoms with Crippen LogP contribution in [0.4, 0.5) is 5.82 Å². The number of aromatic nitrogens is 1. The van der Waals surface area contributed by atoms with Gasteiger partial charge in [0.15, 0.2) is 0 Å². The van der Waals surface area contributed by atoms with E-state index in [-0.39, 0.29) is 5.91 Å². The fraction of sp³-hybridized carbons (Fsp3) is 0.455. The van der Waals surface area contributed by atoms with Crippen LogP contribution < -0.4 is 11.1 Å². The molecule has 2 atom stereocenters. The lowest BCUT2D eigenvalue weighted by molar-refractivity contribution is 0.0949. The van der Waals surface area contributed by atoms with Crippen LogP contribution in [0.1, 0.15) is 29.4 Å². The normalized spacial score (nSPS) is 23.6. The fourth-order valence-electron chi connectivity index (χ4n) is 1.60. The summed E-state index contributed by atoms with van der Waals surface area (Å²) in [5.41, 5.74) is 6.94. The lowest BCUT2D eigenvalue weighted by Crippen LogP contribution is -2.26. The zero-order valence-corrected chi connectivity index (χ0v) is 8.95. The summed E-state index contributed by atoms with van der Waals surface area (Å²) in [5, 5.41) is 2.95. The minimum atomic E-state index is -0.0541. The average Bonchev–Trinajstić information content (AvgIpc) is 2.79. The second-order valence-corrected chi connectivity index (χ2v) is 4.22. The summed E-state index contributed by atoms with van der Waals surface area (Å²) in [7, 11) is 0. The van der Waals surface area contributed by atoms with Crippen molar-refractivity contribution in [2.45, 2.75) is 26.3 Å². The van der Waals surface area contributed by atoms with Gasteiger partial charge < -0.3 is 11.1 Å². The van der Waals surface area contributed by atoms with Crippen LogP contribution in [-0.4, -0.2) is 16.9 Å². The standard InChI is InChI=1S/C11H15N3O/c1-6-3-9(6)14-11(15)8-4-7(2)13-10(12)5-8/h4-6,9H,3H2,1-2H3,(H2,12,13)(H,14,15). The Bertz CT molecular complexity index is 383. The van der Waals surface area contributed by atoms with E-state index < -0.39 is 0 Å². The van der Waals surface area contributed by atoms with Gasteiger partial charge in [-0.25, -0.2) is 4.98 Å².